The number of nitrogen functional groups attached to an aromatic ring is 1. The van der Waals surface area contributed by atoms with Crippen molar-refractivity contribution >= 4 is 17.4 Å². The van der Waals surface area contributed by atoms with Gasteiger partial charge in [-0.3, -0.25) is 0 Å². The highest BCUT2D eigenvalue weighted by Gasteiger charge is 2.01. The smallest absolute Gasteiger partial charge is 0.0452 e. The normalized spacial score (nSPS) is 10.5. The molecule has 2 N–H and O–H groups in total. The Morgan fingerprint density at radius 1 is 1.00 bits per heavy atom. The molecule has 0 fully saturated rings. The van der Waals surface area contributed by atoms with Gasteiger partial charge < -0.3 is 5.73 Å². The lowest BCUT2D eigenvalue weighted by Gasteiger charge is -2.07. The van der Waals surface area contributed by atoms with Gasteiger partial charge in [0.1, 0.15) is 0 Å². The molecule has 0 saturated carbocycles. The first-order valence-corrected chi connectivity index (χ1v) is 6.68. The van der Waals surface area contributed by atoms with E-state index in [-0.39, 0.29) is 0 Å². The third kappa shape index (κ3) is 3.27. The maximum Gasteiger partial charge on any atom is 0.0452 e. The first kappa shape index (κ1) is 12.1. The van der Waals surface area contributed by atoms with Crippen LogP contribution in [0.2, 0.25) is 0 Å². The second-order valence-electron chi connectivity index (χ2n) is 4.32. The Hall–Kier alpha value is -1.41. The summed E-state index contributed by atoms with van der Waals surface area (Å²) in [5, 5.41) is 0. The van der Waals surface area contributed by atoms with Crippen molar-refractivity contribution in [3.05, 3.63) is 59.2 Å². The van der Waals surface area contributed by atoms with Crippen LogP contribution in [0.5, 0.6) is 0 Å². The second kappa shape index (κ2) is 5.28. The number of hydrogen-bond donors (Lipinski definition) is 1. The van der Waals surface area contributed by atoms with Gasteiger partial charge in [0.05, 0.1) is 0 Å². The van der Waals surface area contributed by atoms with Gasteiger partial charge in [0.2, 0.25) is 0 Å². The summed E-state index contributed by atoms with van der Waals surface area (Å²) >= 11 is 1.80. The molecule has 0 radical (unpaired) electrons. The molecule has 88 valence electrons. The van der Waals surface area contributed by atoms with E-state index in [0.29, 0.717) is 0 Å². The number of hydrogen-bond acceptors (Lipinski definition) is 2. The van der Waals surface area contributed by atoms with Crippen molar-refractivity contribution < 1.29 is 0 Å². The Morgan fingerprint density at radius 3 is 2.53 bits per heavy atom. The highest BCUT2D eigenvalue weighted by atomic mass is 32.2. The lowest BCUT2D eigenvalue weighted by molar-refractivity contribution is 1.32. The van der Waals surface area contributed by atoms with E-state index in [2.05, 4.69) is 44.2 Å². The molecule has 1 nitrogen and oxygen atoms in total. The molecule has 2 aromatic rings. The van der Waals surface area contributed by atoms with Crippen LogP contribution in [0, 0.1) is 13.8 Å². The second-order valence-corrected chi connectivity index (χ2v) is 5.34. The predicted octanol–water partition coefficient (Wildman–Crippen LogP) is 4.18. The maximum atomic E-state index is 5.96. The third-order valence-corrected chi connectivity index (χ3v) is 3.79. The van der Waals surface area contributed by atoms with Crippen LogP contribution >= 0.6 is 11.8 Å². The van der Waals surface area contributed by atoms with Gasteiger partial charge in [-0.05, 0) is 37.1 Å². The van der Waals surface area contributed by atoms with Gasteiger partial charge in [0.25, 0.3) is 0 Å². The van der Waals surface area contributed by atoms with Crippen LogP contribution in [0.3, 0.4) is 0 Å². The largest absolute Gasteiger partial charge is 0.398 e. The van der Waals surface area contributed by atoms with Crippen LogP contribution in [-0.4, -0.2) is 0 Å². The Bertz CT molecular complexity index is 520. The molecular weight excluding hydrogens is 226 g/mol. The summed E-state index contributed by atoms with van der Waals surface area (Å²) in [5.41, 5.74) is 10.7. The fourth-order valence-corrected chi connectivity index (χ4v) is 2.74. The highest BCUT2D eigenvalue weighted by molar-refractivity contribution is 7.98. The van der Waals surface area contributed by atoms with Crippen molar-refractivity contribution in [3.63, 3.8) is 0 Å². The highest BCUT2D eigenvalue weighted by Crippen LogP contribution is 2.29. The topological polar surface area (TPSA) is 26.0 Å². The van der Waals surface area contributed by atoms with Crippen molar-refractivity contribution in [3.8, 4) is 0 Å². The Balaban J connectivity index is 2.09. The molecule has 17 heavy (non-hydrogen) atoms. The van der Waals surface area contributed by atoms with Crippen LogP contribution in [0.4, 0.5) is 5.69 Å². The summed E-state index contributed by atoms with van der Waals surface area (Å²) in [6.07, 6.45) is 0. The molecule has 2 aromatic carbocycles. The average molecular weight is 243 g/mol. The van der Waals surface area contributed by atoms with Crippen LogP contribution in [0.1, 0.15) is 16.7 Å². The zero-order valence-electron chi connectivity index (χ0n) is 10.2. The van der Waals surface area contributed by atoms with Crippen LogP contribution in [0.15, 0.2) is 47.4 Å². The summed E-state index contributed by atoms with van der Waals surface area (Å²) < 4.78 is 0. The molecule has 0 aliphatic heterocycles. The Labute approximate surface area is 107 Å². The van der Waals surface area contributed by atoms with Gasteiger partial charge >= 0.3 is 0 Å². The number of aryl methyl sites for hydroxylation is 2. The summed E-state index contributed by atoms with van der Waals surface area (Å²) in [5.74, 6) is 0.968. The van der Waals surface area contributed by atoms with E-state index >= 15 is 0 Å². The molecule has 0 saturated heterocycles. The monoisotopic (exact) mass is 243 g/mol. The van der Waals surface area contributed by atoms with Crippen LogP contribution in [-0.2, 0) is 5.75 Å². The average Bonchev–Trinajstić information content (AvgIpc) is 2.30. The number of anilines is 1. The Kier molecular flexibility index (Phi) is 3.75. The van der Waals surface area contributed by atoms with E-state index < -0.39 is 0 Å². The lowest BCUT2D eigenvalue weighted by atomic mass is 10.2. The molecule has 0 heterocycles. The van der Waals surface area contributed by atoms with Gasteiger partial charge in [-0.25, -0.2) is 0 Å². The zero-order chi connectivity index (χ0) is 12.3. The number of benzene rings is 2. The van der Waals surface area contributed by atoms with E-state index in [0.717, 1.165) is 11.4 Å². The third-order valence-electron chi connectivity index (χ3n) is 2.65. The number of rotatable bonds is 3. The van der Waals surface area contributed by atoms with E-state index in [1.807, 2.05) is 12.1 Å². The van der Waals surface area contributed by atoms with Gasteiger partial charge in [0, 0.05) is 16.3 Å². The fraction of sp³-hybridized carbons (Fsp3) is 0.200. The number of nitrogens with two attached hydrogens (primary N) is 1. The minimum Gasteiger partial charge on any atom is -0.398 e. The first-order chi connectivity index (χ1) is 8.15. The SMILES string of the molecule is Cc1cccc(CSc2cc(C)ccc2N)c1. The van der Waals surface area contributed by atoms with E-state index in [1.165, 1.54) is 21.6 Å². The minimum atomic E-state index is 0.869. The molecule has 0 amide bonds. The summed E-state index contributed by atoms with van der Waals surface area (Å²) in [6, 6.07) is 14.8. The summed E-state index contributed by atoms with van der Waals surface area (Å²) in [4.78, 5) is 1.17. The van der Waals surface area contributed by atoms with Crippen LogP contribution < -0.4 is 5.73 Å². The van der Waals surface area contributed by atoms with Crippen molar-refractivity contribution in [1.82, 2.24) is 0 Å². The van der Waals surface area contributed by atoms with E-state index in [9.17, 15) is 0 Å². The molecule has 0 aliphatic carbocycles. The molecule has 0 unspecified atom stereocenters. The maximum absolute atomic E-state index is 5.96. The zero-order valence-corrected chi connectivity index (χ0v) is 11.1. The predicted molar refractivity (Wildman–Crippen MR) is 76.3 cm³/mol. The van der Waals surface area contributed by atoms with Gasteiger partial charge in [-0.15, -0.1) is 11.8 Å². The fourth-order valence-electron chi connectivity index (χ4n) is 1.73. The van der Waals surface area contributed by atoms with Crippen molar-refractivity contribution in [2.75, 3.05) is 5.73 Å². The first-order valence-electron chi connectivity index (χ1n) is 5.69. The van der Waals surface area contributed by atoms with E-state index in [4.69, 9.17) is 5.73 Å². The molecule has 0 atom stereocenters. The molecule has 0 aliphatic rings. The van der Waals surface area contributed by atoms with Gasteiger partial charge in [-0.2, -0.15) is 0 Å². The molecule has 0 spiro atoms. The Morgan fingerprint density at radius 2 is 1.76 bits per heavy atom. The molecule has 2 heteroatoms. The van der Waals surface area contributed by atoms with Gasteiger partial charge in [0.15, 0.2) is 0 Å². The van der Waals surface area contributed by atoms with Crippen molar-refractivity contribution in [1.29, 1.82) is 0 Å². The lowest BCUT2D eigenvalue weighted by Crippen LogP contribution is -1.90. The number of thioether (sulfide) groups is 1. The molecule has 0 bridgehead atoms. The molecule has 0 aromatic heterocycles. The van der Waals surface area contributed by atoms with Crippen LogP contribution in [0.25, 0.3) is 0 Å². The van der Waals surface area contributed by atoms with Crippen molar-refractivity contribution in [2.24, 2.45) is 0 Å². The van der Waals surface area contributed by atoms with E-state index in [1.54, 1.807) is 11.8 Å². The van der Waals surface area contributed by atoms with Crippen molar-refractivity contribution in [2.45, 2.75) is 24.5 Å². The minimum absolute atomic E-state index is 0.869. The molecule has 2 rings (SSSR count). The molecular formula is C15H17NS. The summed E-state index contributed by atoms with van der Waals surface area (Å²) in [6.45, 7) is 4.21. The quantitative estimate of drug-likeness (QED) is 0.646. The van der Waals surface area contributed by atoms with Gasteiger partial charge in [-0.1, -0.05) is 35.9 Å². The summed E-state index contributed by atoms with van der Waals surface area (Å²) in [7, 11) is 0. The standard InChI is InChI=1S/C15H17NS/c1-11-4-3-5-13(8-11)10-17-15-9-12(2)6-7-14(15)16/h3-9H,10,16H2,1-2H3.